The zero-order valence-corrected chi connectivity index (χ0v) is 13.1. The third-order valence-electron chi connectivity index (χ3n) is 4.64. The van der Waals surface area contributed by atoms with Gasteiger partial charge in [0.2, 0.25) is 0 Å². The minimum atomic E-state index is -0.0117. The molecule has 0 spiro atoms. The fraction of sp³-hybridized carbons (Fsp3) is 0.471. The van der Waals surface area contributed by atoms with Gasteiger partial charge in [-0.25, -0.2) is 0 Å². The molecule has 2 atom stereocenters. The summed E-state index contributed by atoms with van der Waals surface area (Å²) in [6, 6.07) is 6.42. The van der Waals surface area contributed by atoms with Crippen LogP contribution < -0.4 is 5.32 Å². The predicted molar refractivity (Wildman–Crippen MR) is 83.7 cm³/mol. The smallest absolute Gasteiger partial charge is 0.289 e. The van der Waals surface area contributed by atoms with Crippen LogP contribution in [0.4, 0.5) is 0 Å². The number of carbonyl (C=O) groups is 1. The molecular formula is C17H22N2O2. The molecule has 1 N–H and O–H groups in total. The SMILES string of the molecule is Cc1cc2cc(C(=O)N3CCNC(C)C3C)oc2cc1C. The molecule has 0 bridgehead atoms. The van der Waals surface area contributed by atoms with Gasteiger partial charge < -0.3 is 14.6 Å². The third-order valence-corrected chi connectivity index (χ3v) is 4.64. The van der Waals surface area contributed by atoms with Crippen molar-refractivity contribution in [3.63, 3.8) is 0 Å². The second-order valence-corrected chi connectivity index (χ2v) is 6.07. The molecule has 1 aliphatic heterocycles. The van der Waals surface area contributed by atoms with Crippen LogP contribution in [0.5, 0.6) is 0 Å². The summed E-state index contributed by atoms with van der Waals surface area (Å²) in [5, 5.41) is 4.38. The van der Waals surface area contributed by atoms with E-state index in [-0.39, 0.29) is 11.9 Å². The van der Waals surface area contributed by atoms with Gasteiger partial charge in [-0.3, -0.25) is 4.79 Å². The number of nitrogens with one attached hydrogen (secondary N) is 1. The highest BCUT2D eigenvalue weighted by Gasteiger charge is 2.30. The summed E-state index contributed by atoms with van der Waals surface area (Å²) in [4.78, 5) is 14.6. The minimum Gasteiger partial charge on any atom is -0.451 e. The number of carbonyl (C=O) groups excluding carboxylic acids is 1. The minimum absolute atomic E-state index is 0.0117. The summed E-state index contributed by atoms with van der Waals surface area (Å²) in [6.07, 6.45) is 0. The largest absolute Gasteiger partial charge is 0.451 e. The van der Waals surface area contributed by atoms with E-state index in [0.29, 0.717) is 11.8 Å². The van der Waals surface area contributed by atoms with Gasteiger partial charge in [0.25, 0.3) is 5.91 Å². The number of piperazine rings is 1. The molecule has 21 heavy (non-hydrogen) atoms. The molecule has 0 saturated carbocycles. The third kappa shape index (κ3) is 2.44. The number of nitrogens with zero attached hydrogens (tertiary/aromatic N) is 1. The Bertz CT molecular complexity index is 650. The van der Waals surface area contributed by atoms with Crippen LogP contribution in [0.2, 0.25) is 0 Å². The van der Waals surface area contributed by atoms with Gasteiger partial charge >= 0.3 is 0 Å². The first kappa shape index (κ1) is 14.1. The lowest BCUT2D eigenvalue weighted by molar-refractivity contribution is 0.0573. The summed E-state index contributed by atoms with van der Waals surface area (Å²) < 4.78 is 5.79. The quantitative estimate of drug-likeness (QED) is 0.876. The van der Waals surface area contributed by atoms with E-state index in [4.69, 9.17) is 4.42 Å². The maximum absolute atomic E-state index is 12.7. The van der Waals surface area contributed by atoms with E-state index in [1.165, 1.54) is 11.1 Å². The Morgan fingerprint density at radius 1 is 1.24 bits per heavy atom. The Labute approximate surface area is 125 Å². The summed E-state index contributed by atoms with van der Waals surface area (Å²) >= 11 is 0. The van der Waals surface area contributed by atoms with Gasteiger partial charge in [0, 0.05) is 30.6 Å². The first-order chi connectivity index (χ1) is 9.97. The molecule has 1 saturated heterocycles. The van der Waals surface area contributed by atoms with Crippen LogP contribution in [-0.2, 0) is 0 Å². The van der Waals surface area contributed by atoms with E-state index in [0.717, 1.165) is 24.1 Å². The van der Waals surface area contributed by atoms with Gasteiger partial charge in [0.15, 0.2) is 5.76 Å². The van der Waals surface area contributed by atoms with Crippen molar-refractivity contribution >= 4 is 16.9 Å². The van der Waals surface area contributed by atoms with Crippen LogP contribution in [0.1, 0.15) is 35.5 Å². The highest BCUT2D eigenvalue weighted by atomic mass is 16.3. The number of amides is 1. The zero-order valence-electron chi connectivity index (χ0n) is 13.1. The van der Waals surface area contributed by atoms with Crippen LogP contribution in [0.15, 0.2) is 22.6 Å². The highest BCUT2D eigenvalue weighted by Crippen LogP contribution is 2.25. The molecule has 1 amide bonds. The maximum atomic E-state index is 12.7. The van der Waals surface area contributed by atoms with Gasteiger partial charge in [-0.15, -0.1) is 0 Å². The molecule has 4 heteroatoms. The fourth-order valence-corrected chi connectivity index (χ4v) is 2.89. The number of hydrogen-bond donors (Lipinski definition) is 1. The summed E-state index contributed by atoms with van der Waals surface area (Å²) in [6.45, 7) is 9.86. The van der Waals surface area contributed by atoms with Gasteiger partial charge in [0.05, 0.1) is 0 Å². The molecule has 1 aromatic carbocycles. The number of benzene rings is 1. The van der Waals surface area contributed by atoms with Crippen molar-refractivity contribution in [3.05, 3.63) is 35.1 Å². The molecule has 0 aliphatic carbocycles. The zero-order chi connectivity index (χ0) is 15.1. The first-order valence-corrected chi connectivity index (χ1v) is 7.52. The average molecular weight is 286 g/mol. The van der Waals surface area contributed by atoms with Crippen molar-refractivity contribution in [2.45, 2.75) is 39.8 Å². The van der Waals surface area contributed by atoms with Crippen LogP contribution in [0, 0.1) is 13.8 Å². The first-order valence-electron chi connectivity index (χ1n) is 7.52. The molecule has 3 rings (SSSR count). The molecule has 2 aromatic rings. The Morgan fingerprint density at radius 2 is 1.95 bits per heavy atom. The maximum Gasteiger partial charge on any atom is 0.289 e. The number of rotatable bonds is 1. The van der Waals surface area contributed by atoms with Crippen LogP contribution in [0.25, 0.3) is 11.0 Å². The summed E-state index contributed by atoms with van der Waals surface area (Å²) in [7, 11) is 0. The topological polar surface area (TPSA) is 45.5 Å². The molecule has 1 aromatic heterocycles. The molecule has 1 aliphatic rings. The van der Waals surface area contributed by atoms with Gasteiger partial charge in [-0.05, 0) is 57.0 Å². The van der Waals surface area contributed by atoms with E-state index in [1.807, 2.05) is 17.0 Å². The number of aryl methyl sites for hydroxylation is 2. The van der Waals surface area contributed by atoms with Crippen molar-refractivity contribution in [3.8, 4) is 0 Å². The van der Waals surface area contributed by atoms with Crippen molar-refractivity contribution in [2.24, 2.45) is 0 Å². The fourth-order valence-electron chi connectivity index (χ4n) is 2.89. The van der Waals surface area contributed by atoms with E-state index >= 15 is 0 Å². The number of hydrogen-bond acceptors (Lipinski definition) is 3. The van der Waals surface area contributed by atoms with E-state index in [1.54, 1.807) is 0 Å². The second-order valence-electron chi connectivity index (χ2n) is 6.07. The average Bonchev–Trinajstić information content (AvgIpc) is 2.84. The van der Waals surface area contributed by atoms with E-state index in [2.05, 4.69) is 39.1 Å². The molecule has 112 valence electrons. The monoisotopic (exact) mass is 286 g/mol. The Balaban J connectivity index is 1.94. The molecule has 0 radical (unpaired) electrons. The predicted octanol–water partition coefficient (Wildman–Crippen LogP) is 2.87. The lowest BCUT2D eigenvalue weighted by Crippen LogP contribution is -2.57. The summed E-state index contributed by atoms with van der Waals surface area (Å²) in [5.41, 5.74) is 3.18. The van der Waals surface area contributed by atoms with Crippen molar-refractivity contribution in [1.29, 1.82) is 0 Å². The highest BCUT2D eigenvalue weighted by molar-refractivity contribution is 5.96. The standard InChI is InChI=1S/C17H22N2O2/c1-10-7-14-9-16(21-15(14)8-11(10)2)17(20)19-6-5-18-12(3)13(19)4/h7-9,12-13,18H,5-6H2,1-4H3. The Kier molecular flexibility index (Phi) is 3.49. The van der Waals surface area contributed by atoms with Gasteiger partial charge in [-0.1, -0.05) is 0 Å². The van der Waals surface area contributed by atoms with Crippen molar-refractivity contribution in [2.75, 3.05) is 13.1 Å². The number of fused-ring (bicyclic) bond motifs is 1. The Morgan fingerprint density at radius 3 is 2.71 bits per heavy atom. The van der Waals surface area contributed by atoms with E-state index < -0.39 is 0 Å². The van der Waals surface area contributed by atoms with Gasteiger partial charge in [0.1, 0.15) is 5.58 Å². The molecular weight excluding hydrogens is 264 g/mol. The summed E-state index contributed by atoms with van der Waals surface area (Å²) in [5.74, 6) is 0.429. The lowest BCUT2D eigenvalue weighted by Gasteiger charge is -2.38. The Hall–Kier alpha value is -1.81. The lowest BCUT2D eigenvalue weighted by atomic mass is 10.1. The molecule has 2 unspecified atom stereocenters. The molecule has 2 heterocycles. The normalized spacial score (nSPS) is 22.8. The molecule has 1 fully saturated rings. The van der Waals surface area contributed by atoms with Gasteiger partial charge in [-0.2, -0.15) is 0 Å². The van der Waals surface area contributed by atoms with Crippen molar-refractivity contribution in [1.82, 2.24) is 10.2 Å². The van der Waals surface area contributed by atoms with Crippen LogP contribution in [-0.4, -0.2) is 36.0 Å². The van der Waals surface area contributed by atoms with Crippen LogP contribution >= 0.6 is 0 Å². The van der Waals surface area contributed by atoms with Crippen molar-refractivity contribution < 1.29 is 9.21 Å². The van der Waals surface area contributed by atoms with E-state index in [9.17, 15) is 4.79 Å². The van der Waals surface area contributed by atoms with Crippen LogP contribution in [0.3, 0.4) is 0 Å². The molecule has 4 nitrogen and oxygen atoms in total. The second kappa shape index (κ2) is 5.19. The number of furan rings is 1.